The predicted octanol–water partition coefficient (Wildman–Crippen LogP) is 2.54. The minimum Gasteiger partial charge on any atom is -0.496 e. The third-order valence-electron chi connectivity index (χ3n) is 2.02. The van der Waals surface area contributed by atoms with Crippen LogP contribution in [0.1, 0.15) is 0 Å². The van der Waals surface area contributed by atoms with Gasteiger partial charge < -0.3 is 14.9 Å². The molecular formula is C10H9IN2O2. The summed E-state index contributed by atoms with van der Waals surface area (Å²) in [7, 11) is 1.60. The summed E-state index contributed by atoms with van der Waals surface area (Å²) in [5, 5.41) is 0. The Morgan fingerprint density at radius 2 is 2.27 bits per heavy atom. The quantitative estimate of drug-likeness (QED) is 0.683. The molecule has 0 atom stereocenters. The van der Waals surface area contributed by atoms with Gasteiger partial charge in [0.1, 0.15) is 5.75 Å². The number of ether oxygens (including phenoxy) is 1. The maximum atomic E-state index is 5.78. The van der Waals surface area contributed by atoms with E-state index in [0.717, 1.165) is 9.13 Å². The summed E-state index contributed by atoms with van der Waals surface area (Å²) in [6, 6.07) is 3.69. The molecule has 1 aromatic carbocycles. The van der Waals surface area contributed by atoms with Crippen LogP contribution in [0, 0.1) is 3.57 Å². The van der Waals surface area contributed by atoms with Crippen molar-refractivity contribution in [1.29, 1.82) is 0 Å². The molecule has 0 amide bonds. The number of nitrogen functional groups attached to an aromatic ring is 1. The van der Waals surface area contributed by atoms with Gasteiger partial charge in [-0.05, 0) is 28.7 Å². The Morgan fingerprint density at radius 3 is 2.87 bits per heavy atom. The molecule has 78 valence electrons. The lowest BCUT2D eigenvalue weighted by atomic mass is 10.1. The van der Waals surface area contributed by atoms with Crippen molar-refractivity contribution >= 4 is 28.3 Å². The Hall–Kier alpha value is -1.24. The van der Waals surface area contributed by atoms with E-state index in [2.05, 4.69) is 27.6 Å². The second kappa shape index (κ2) is 4.09. The Morgan fingerprint density at radius 1 is 1.47 bits per heavy atom. The number of nitrogens with two attached hydrogens (primary N) is 1. The molecule has 0 aliphatic carbocycles. The number of methoxy groups -OCH3 is 1. The second-order valence-corrected chi connectivity index (χ2v) is 4.10. The maximum absolute atomic E-state index is 5.78. The molecule has 5 heteroatoms. The molecule has 0 aliphatic rings. The van der Waals surface area contributed by atoms with E-state index in [9.17, 15) is 0 Å². The minimum atomic E-state index is 0.671. The summed E-state index contributed by atoms with van der Waals surface area (Å²) in [5.74, 6) is 1.36. The topological polar surface area (TPSA) is 61.3 Å². The molecule has 0 unspecified atom stereocenters. The summed E-state index contributed by atoms with van der Waals surface area (Å²) in [5.41, 5.74) is 7.33. The summed E-state index contributed by atoms with van der Waals surface area (Å²) >= 11 is 2.17. The molecular weight excluding hydrogens is 307 g/mol. The molecule has 2 N–H and O–H groups in total. The van der Waals surface area contributed by atoms with Gasteiger partial charge in [0, 0.05) is 15.3 Å². The average Bonchev–Trinajstić information content (AvgIpc) is 2.74. The molecule has 0 radical (unpaired) electrons. The highest BCUT2D eigenvalue weighted by atomic mass is 127. The number of aromatic nitrogens is 1. The van der Waals surface area contributed by atoms with E-state index >= 15 is 0 Å². The van der Waals surface area contributed by atoms with Crippen LogP contribution in [0.15, 0.2) is 29.1 Å². The number of oxazole rings is 1. The molecule has 1 aromatic heterocycles. The van der Waals surface area contributed by atoms with Crippen molar-refractivity contribution in [2.75, 3.05) is 12.8 Å². The first-order chi connectivity index (χ1) is 7.22. The third-order valence-corrected chi connectivity index (χ3v) is 2.95. The highest BCUT2D eigenvalue weighted by Crippen LogP contribution is 2.34. The van der Waals surface area contributed by atoms with Gasteiger partial charge in [-0.2, -0.15) is 0 Å². The van der Waals surface area contributed by atoms with E-state index < -0.39 is 0 Å². The number of benzene rings is 1. The fourth-order valence-electron chi connectivity index (χ4n) is 1.28. The Kier molecular flexibility index (Phi) is 2.81. The zero-order valence-corrected chi connectivity index (χ0v) is 10.2. The first-order valence-corrected chi connectivity index (χ1v) is 5.32. The van der Waals surface area contributed by atoms with Crippen LogP contribution in [0.25, 0.3) is 11.3 Å². The lowest BCUT2D eigenvalue weighted by Crippen LogP contribution is -1.94. The molecule has 2 rings (SSSR count). The summed E-state index contributed by atoms with van der Waals surface area (Å²) in [6.45, 7) is 0. The molecule has 0 saturated carbocycles. The Labute approximate surface area is 101 Å². The van der Waals surface area contributed by atoms with Gasteiger partial charge in [0.25, 0.3) is 0 Å². The van der Waals surface area contributed by atoms with Crippen LogP contribution in [-0.2, 0) is 0 Å². The van der Waals surface area contributed by atoms with Gasteiger partial charge in [-0.1, -0.05) is 0 Å². The number of rotatable bonds is 2. The molecule has 0 bridgehead atoms. The summed E-state index contributed by atoms with van der Waals surface area (Å²) in [6.07, 6.45) is 3.03. The predicted molar refractivity (Wildman–Crippen MR) is 65.6 cm³/mol. The van der Waals surface area contributed by atoms with Crippen molar-refractivity contribution in [3.8, 4) is 17.1 Å². The molecule has 4 nitrogen and oxygen atoms in total. The van der Waals surface area contributed by atoms with Crippen molar-refractivity contribution in [2.24, 2.45) is 0 Å². The number of nitrogens with zero attached hydrogens (tertiary/aromatic N) is 1. The number of hydrogen-bond acceptors (Lipinski definition) is 4. The highest BCUT2D eigenvalue weighted by molar-refractivity contribution is 14.1. The van der Waals surface area contributed by atoms with E-state index in [1.165, 1.54) is 6.39 Å². The first kappa shape index (κ1) is 10.3. The van der Waals surface area contributed by atoms with Gasteiger partial charge in [-0.25, -0.2) is 4.98 Å². The summed E-state index contributed by atoms with van der Waals surface area (Å²) < 4.78 is 11.4. The third kappa shape index (κ3) is 1.92. The molecule has 0 fully saturated rings. The molecule has 0 spiro atoms. The van der Waals surface area contributed by atoms with Crippen molar-refractivity contribution < 1.29 is 9.15 Å². The zero-order chi connectivity index (χ0) is 10.8. The largest absolute Gasteiger partial charge is 0.496 e. The van der Waals surface area contributed by atoms with E-state index in [1.54, 1.807) is 19.4 Å². The van der Waals surface area contributed by atoms with Gasteiger partial charge in [0.15, 0.2) is 12.2 Å². The molecule has 15 heavy (non-hydrogen) atoms. The van der Waals surface area contributed by atoms with Gasteiger partial charge in [-0.3, -0.25) is 0 Å². The Bertz CT molecular complexity index is 469. The van der Waals surface area contributed by atoms with Crippen molar-refractivity contribution in [3.05, 3.63) is 28.3 Å². The second-order valence-electron chi connectivity index (χ2n) is 2.94. The van der Waals surface area contributed by atoms with E-state index in [4.69, 9.17) is 14.9 Å². The average molecular weight is 316 g/mol. The van der Waals surface area contributed by atoms with E-state index in [1.807, 2.05) is 6.07 Å². The molecule has 2 aromatic rings. The lowest BCUT2D eigenvalue weighted by molar-refractivity contribution is 0.415. The van der Waals surface area contributed by atoms with Crippen LogP contribution in [0.3, 0.4) is 0 Å². The smallest absolute Gasteiger partial charge is 0.181 e. The van der Waals surface area contributed by atoms with Crippen LogP contribution < -0.4 is 10.5 Å². The standard InChI is InChI=1S/C10H9IN2O2/c1-14-9-3-8(12)7(11)2-6(9)10-4-13-5-15-10/h2-5H,12H2,1H3. The zero-order valence-electron chi connectivity index (χ0n) is 8.03. The first-order valence-electron chi connectivity index (χ1n) is 4.24. The van der Waals surface area contributed by atoms with Crippen molar-refractivity contribution in [1.82, 2.24) is 4.98 Å². The monoisotopic (exact) mass is 316 g/mol. The van der Waals surface area contributed by atoms with Gasteiger partial charge in [0.2, 0.25) is 0 Å². The minimum absolute atomic E-state index is 0.671. The van der Waals surface area contributed by atoms with Crippen LogP contribution in [0.5, 0.6) is 5.75 Å². The van der Waals surface area contributed by atoms with Crippen molar-refractivity contribution in [3.63, 3.8) is 0 Å². The van der Waals surface area contributed by atoms with Crippen LogP contribution in [0.2, 0.25) is 0 Å². The highest BCUT2D eigenvalue weighted by Gasteiger charge is 2.11. The van der Waals surface area contributed by atoms with E-state index in [0.29, 0.717) is 17.2 Å². The molecule has 0 saturated heterocycles. The summed E-state index contributed by atoms with van der Waals surface area (Å²) in [4.78, 5) is 3.87. The normalized spacial score (nSPS) is 10.3. The fraction of sp³-hybridized carbons (Fsp3) is 0.100. The van der Waals surface area contributed by atoms with E-state index in [-0.39, 0.29) is 0 Å². The number of halogens is 1. The van der Waals surface area contributed by atoms with Crippen LogP contribution >= 0.6 is 22.6 Å². The Balaban J connectivity index is 2.60. The van der Waals surface area contributed by atoms with Gasteiger partial charge >= 0.3 is 0 Å². The molecule has 0 aliphatic heterocycles. The van der Waals surface area contributed by atoms with Gasteiger partial charge in [-0.15, -0.1) is 0 Å². The SMILES string of the molecule is COc1cc(N)c(I)cc1-c1cnco1. The van der Waals surface area contributed by atoms with Crippen LogP contribution in [-0.4, -0.2) is 12.1 Å². The maximum Gasteiger partial charge on any atom is 0.181 e. The number of anilines is 1. The fourth-order valence-corrected chi connectivity index (χ4v) is 1.75. The van der Waals surface area contributed by atoms with Gasteiger partial charge in [0.05, 0.1) is 18.9 Å². The number of hydrogen-bond donors (Lipinski definition) is 1. The van der Waals surface area contributed by atoms with Crippen molar-refractivity contribution in [2.45, 2.75) is 0 Å². The van der Waals surface area contributed by atoms with Crippen LogP contribution in [0.4, 0.5) is 5.69 Å². The molecule has 1 heterocycles. The lowest BCUT2D eigenvalue weighted by Gasteiger charge is -2.08.